The number of carbonyl (C=O) groups is 1. The van der Waals surface area contributed by atoms with Gasteiger partial charge in [-0.3, -0.25) is 4.79 Å². The predicted molar refractivity (Wildman–Crippen MR) is 122 cm³/mol. The van der Waals surface area contributed by atoms with E-state index in [1.807, 2.05) is 0 Å². The van der Waals surface area contributed by atoms with E-state index >= 15 is 0 Å². The van der Waals surface area contributed by atoms with Crippen molar-refractivity contribution >= 4 is 5.91 Å². The molecule has 2 nitrogen and oxygen atoms in total. The number of hydrogen-bond donors (Lipinski definition) is 0. The van der Waals surface area contributed by atoms with Gasteiger partial charge in [0.05, 0.1) is 0 Å². The van der Waals surface area contributed by atoms with E-state index in [4.69, 9.17) is 0 Å². The molecule has 1 saturated heterocycles. The summed E-state index contributed by atoms with van der Waals surface area (Å²) in [7, 11) is 0. The number of piperidine rings is 1. The smallest absolute Gasteiger partial charge is 0.223 e. The number of amides is 1. The Bertz CT molecular complexity index is 467. The Hall–Kier alpha value is -0.530. The molecule has 1 aliphatic heterocycles. The third-order valence-corrected chi connectivity index (χ3v) is 9.19. The summed E-state index contributed by atoms with van der Waals surface area (Å²) in [6.45, 7) is 1.05. The van der Waals surface area contributed by atoms with Gasteiger partial charge in [0.2, 0.25) is 5.91 Å². The maximum Gasteiger partial charge on any atom is 0.223 e. The standard InChI is InChI=1S/C27H47NO/c29-27(20-22-12-4-1-5-13-22)28-19-11-10-18-25(28)21-26(23-14-6-2-7-15-23)24-16-8-3-9-17-24/h22-26H,1-21H2. The molecule has 0 aromatic rings. The highest BCUT2D eigenvalue weighted by molar-refractivity contribution is 5.77. The van der Waals surface area contributed by atoms with E-state index in [0.717, 1.165) is 30.7 Å². The average Bonchev–Trinajstić information content (AvgIpc) is 2.79. The molecule has 0 bridgehead atoms. The average molecular weight is 402 g/mol. The first-order chi connectivity index (χ1) is 14.3. The molecule has 1 heterocycles. The molecule has 3 saturated carbocycles. The molecule has 0 aromatic carbocycles. The van der Waals surface area contributed by atoms with Gasteiger partial charge in [0, 0.05) is 19.0 Å². The zero-order valence-corrected chi connectivity index (χ0v) is 19.1. The van der Waals surface area contributed by atoms with Crippen LogP contribution in [-0.2, 0) is 4.79 Å². The highest BCUT2D eigenvalue weighted by atomic mass is 16.2. The molecular weight excluding hydrogens is 354 g/mol. The topological polar surface area (TPSA) is 20.3 Å². The van der Waals surface area contributed by atoms with E-state index in [0.29, 0.717) is 17.9 Å². The maximum absolute atomic E-state index is 13.3. The van der Waals surface area contributed by atoms with Crippen molar-refractivity contribution in [3.63, 3.8) is 0 Å². The summed E-state index contributed by atoms with van der Waals surface area (Å²) in [5.41, 5.74) is 0. The van der Waals surface area contributed by atoms with Crippen LogP contribution < -0.4 is 0 Å². The second-order valence-electron chi connectivity index (χ2n) is 11.1. The molecule has 1 unspecified atom stereocenters. The lowest BCUT2D eigenvalue weighted by Crippen LogP contribution is -2.46. The van der Waals surface area contributed by atoms with Gasteiger partial charge >= 0.3 is 0 Å². The summed E-state index contributed by atoms with van der Waals surface area (Å²) >= 11 is 0. The number of hydrogen-bond acceptors (Lipinski definition) is 1. The van der Waals surface area contributed by atoms with Gasteiger partial charge in [-0.2, -0.15) is 0 Å². The Balaban J connectivity index is 1.41. The molecule has 1 atom stereocenters. The van der Waals surface area contributed by atoms with Gasteiger partial charge in [0.25, 0.3) is 0 Å². The number of likely N-dealkylation sites (tertiary alicyclic amines) is 1. The summed E-state index contributed by atoms with van der Waals surface area (Å²) < 4.78 is 0. The van der Waals surface area contributed by atoms with E-state index < -0.39 is 0 Å². The fourth-order valence-electron chi connectivity index (χ4n) is 7.54. The monoisotopic (exact) mass is 401 g/mol. The van der Waals surface area contributed by atoms with Crippen LogP contribution in [0.15, 0.2) is 0 Å². The van der Waals surface area contributed by atoms with E-state index in [1.165, 1.54) is 122 Å². The lowest BCUT2D eigenvalue weighted by Gasteiger charge is -2.44. The highest BCUT2D eigenvalue weighted by Gasteiger charge is 2.36. The van der Waals surface area contributed by atoms with Crippen molar-refractivity contribution in [1.82, 2.24) is 4.90 Å². The molecule has 166 valence electrons. The molecule has 4 aliphatic rings. The quantitative estimate of drug-likeness (QED) is 0.451. The highest BCUT2D eigenvalue weighted by Crippen LogP contribution is 2.43. The Morgan fingerprint density at radius 3 is 1.76 bits per heavy atom. The van der Waals surface area contributed by atoms with Crippen LogP contribution in [0.1, 0.15) is 128 Å². The van der Waals surface area contributed by atoms with Gasteiger partial charge in [-0.1, -0.05) is 83.5 Å². The molecule has 0 radical (unpaired) electrons. The minimum atomic E-state index is 0.521. The molecule has 2 heteroatoms. The normalized spacial score (nSPS) is 28.7. The van der Waals surface area contributed by atoms with E-state index in [-0.39, 0.29) is 0 Å². The van der Waals surface area contributed by atoms with Crippen LogP contribution in [0.5, 0.6) is 0 Å². The third kappa shape index (κ3) is 6.01. The first kappa shape index (κ1) is 21.7. The minimum Gasteiger partial charge on any atom is -0.340 e. The van der Waals surface area contributed by atoms with Gasteiger partial charge in [0.15, 0.2) is 0 Å². The zero-order chi connectivity index (χ0) is 19.9. The van der Waals surface area contributed by atoms with Crippen molar-refractivity contribution in [3.05, 3.63) is 0 Å². The van der Waals surface area contributed by atoms with Crippen molar-refractivity contribution in [3.8, 4) is 0 Å². The molecule has 4 rings (SSSR count). The first-order valence-corrected chi connectivity index (χ1v) is 13.6. The molecule has 0 N–H and O–H groups in total. The van der Waals surface area contributed by atoms with Gasteiger partial charge < -0.3 is 4.90 Å². The zero-order valence-electron chi connectivity index (χ0n) is 19.1. The van der Waals surface area contributed by atoms with Gasteiger partial charge in [-0.05, 0) is 62.2 Å². The summed E-state index contributed by atoms with van der Waals surface area (Å²) in [5.74, 6) is 4.04. The SMILES string of the molecule is O=C(CC1CCCCC1)N1CCCCC1CC(C1CCCCC1)C1CCCCC1. The van der Waals surface area contributed by atoms with Crippen LogP contribution in [0.25, 0.3) is 0 Å². The molecule has 0 aromatic heterocycles. The molecular formula is C27H47NO. The van der Waals surface area contributed by atoms with Crippen molar-refractivity contribution in [2.45, 2.75) is 134 Å². The Morgan fingerprint density at radius 1 is 0.655 bits per heavy atom. The largest absolute Gasteiger partial charge is 0.340 e. The lowest BCUT2D eigenvalue weighted by atomic mass is 9.67. The van der Waals surface area contributed by atoms with Crippen molar-refractivity contribution in [1.29, 1.82) is 0 Å². The Labute approximate surface area is 180 Å². The van der Waals surface area contributed by atoms with Crippen LogP contribution >= 0.6 is 0 Å². The van der Waals surface area contributed by atoms with Crippen LogP contribution in [0.4, 0.5) is 0 Å². The van der Waals surface area contributed by atoms with Crippen LogP contribution in [0, 0.1) is 23.7 Å². The second-order valence-corrected chi connectivity index (χ2v) is 11.1. The number of nitrogens with zero attached hydrogens (tertiary/aromatic N) is 1. The van der Waals surface area contributed by atoms with E-state index in [1.54, 1.807) is 0 Å². The number of carbonyl (C=O) groups excluding carboxylic acids is 1. The Kier molecular flexibility index (Phi) is 8.37. The summed E-state index contributed by atoms with van der Waals surface area (Å²) in [5, 5.41) is 0. The van der Waals surface area contributed by atoms with Gasteiger partial charge in [0.1, 0.15) is 0 Å². The lowest BCUT2D eigenvalue weighted by molar-refractivity contribution is -0.137. The first-order valence-electron chi connectivity index (χ1n) is 13.6. The van der Waals surface area contributed by atoms with E-state index in [2.05, 4.69) is 4.90 Å². The van der Waals surface area contributed by atoms with Gasteiger partial charge in [-0.25, -0.2) is 0 Å². The van der Waals surface area contributed by atoms with Gasteiger partial charge in [-0.15, -0.1) is 0 Å². The molecule has 1 amide bonds. The number of rotatable bonds is 6. The second kappa shape index (κ2) is 11.2. The fraction of sp³-hybridized carbons (Fsp3) is 0.963. The van der Waals surface area contributed by atoms with Crippen LogP contribution in [0.2, 0.25) is 0 Å². The predicted octanol–water partition coefficient (Wildman–Crippen LogP) is 7.50. The summed E-state index contributed by atoms with van der Waals surface area (Å²) in [6, 6.07) is 0.564. The molecule has 29 heavy (non-hydrogen) atoms. The molecule has 3 aliphatic carbocycles. The summed E-state index contributed by atoms with van der Waals surface area (Å²) in [4.78, 5) is 15.7. The van der Waals surface area contributed by atoms with Crippen molar-refractivity contribution < 1.29 is 4.79 Å². The minimum absolute atomic E-state index is 0.521. The maximum atomic E-state index is 13.3. The molecule has 4 fully saturated rings. The van der Waals surface area contributed by atoms with Crippen molar-refractivity contribution in [2.24, 2.45) is 23.7 Å². The van der Waals surface area contributed by atoms with Crippen molar-refractivity contribution in [2.75, 3.05) is 6.54 Å². The van der Waals surface area contributed by atoms with Crippen LogP contribution in [-0.4, -0.2) is 23.4 Å². The van der Waals surface area contributed by atoms with Crippen LogP contribution in [0.3, 0.4) is 0 Å². The Morgan fingerprint density at radius 2 is 1.17 bits per heavy atom. The van der Waals surface area contributed by atoms with E-state index in [9.17, 15) is 4.79 Å². The summed E-state index contributed by atoms with van der Waals surface area (Å²) in [6.07, 6.45) is 27.4. The fourth-order valence-corrected chi connectivity index (χ4v) is 7.54. The molecule has 0 spiro atoms. The third-order valence-electron chi connectivity index (χ3n) is 9.19.